The molecule has 1 aromatic heterocycles. The Balaban J connectivity index is 1.39. The average molecular weight is 434 g/mol. The largest absolute Gasteiger partial charge is 0.416 e. The molecule has 164 valence electrons. The molecule has 2 saturated heterocycles. The van der Waals surface area contributed by atoms with E-state index in [9.17, 15) is 18.0 Å². The number of hydrogen-bond acceptors (Lipinski definition) is 7. The van der Waals surface area contributed by atoms with Crippen molar-refractivity contribution in [2.45, 2.75) is 31.1 Å². The number of hydrogen-bond donors (Lipinski definition) is 3. The summed E-state index contributed by atoms with van der Waals surface area (Å²) in [5.74, 6) is 0.129. The summed E-state index contributed by atoms with van der Waals surface area (Å²) in [5, 5.41) is 12.2. The van der Waals surface area contributed by atoms with E-state index in [0.29, 0.717) is 12.4 Å². The Morgan fingerprint density at radius 2 is 2.00 bits per heavy atom. The molecule has 8 nitrogen and oxygen atoms in total. The zero-order valence-corrected chi connectivity index (χ0v) is 16.4. The summed E-state index contributed by atoms with van der Waals surface area (Å²) < 4.78 is 44.3. The van der Waals surface area contributed by atoms with Gasteiger partial charge in [-0.1, -0.05) is 11.2 Å². The third-order valence-corrected chi connectivity index (χ3v) is 5.96. The van der Waals surface area contributed by atoms with Crippen LogP contribution < -0.4 is 16.1 Å². The Morgan fingerprint density at radius 3 is 2.77 bits per heavy atom. The molecular weight excluding hydrogens is 413 g/mol. The predicted octanol–water partition coefficient (Wildman–Crippen LogP) is 2.00. The highest BCUT2D eigenvalue weighted by Gasteiger charge is 2.44. The fraction of sp³-hybridized carbons (Fsp3) is 0.450. The molecular formula is C20H21F3N6O2. The zero-order valence-electron chi connectivity index (χ0n) is 16.4. The minimum Gasteiger partial charge on any atom is -0.334 e. The van der Waals surface area contributed by atoms with E-state index < -0.39 is 17.9 Å². The molecule has 0 bridgehead atoms. The van der Waals surface area contributed by atoms with Crippen LogP contribution in [-0.2, 0) is 11.0 Å². The van der Waals surface area contributed by atoms with E-state index in [4.69, 9.17) is 4.52 Å². The third kappa shape index (κ3) is 3.79. The van der Waals surface area contributed by atoms with E-state index in [-0.39, 0.29) is 29.2 Å². The van der Waals surface area contributed by atoms with Crippen LogP contribution in [-0.4, -0.2) is 46.9 Å². The van der Waals surface area contributed by atoms with Crippen LogP contribution in [0.3, 0.4) is 0 Å². The van der Waals surface area contributed by atoms with Gasteiger partial charge in [0.25, 0.3) is 5.89 Å². The number of carbonyl (C=O) groups is 1. The fourth-order valence-electron chi connectivity index (χ4n) is 4.39. The Labute approximate surface area is 175 Å². The van der Waals surface area contributed by atoms with Gasteiger partial charge in [-0.2, -0.15) is 18.2 Å². The van der Waals surface area contributed by atoms with Crippen molar-refractivity contribution in [3.8, 4) is 11.5 Å². The summed E-state index contributed by atoms with van der Waals surface area (Å²) in [6.07, 6.45) is -1.34. The summed E-state index contributed by atoms with van der Waals surface area (Å²) in [4.78, 5) is 16.7. The highest BCUT2D eigenvalue weighted by Crippen LogP contribution is 2.35. The number of benzene rings is 1. The number of amides is 1. The number of piperidine rings is 1. The van der Waals surface area contributed by atoms with Crippen LogP contribution in [0.5, 0.6) is 0 Å². The minimum atomic E-state index is -4.46. The van der Waals surface area contributed by atoms with E-state index in [2.05, 4.69) is 26.2 Å². The molecule has 3 aliphatic rings. The molecule has 31 heavy (non-hydrogen) atoms. The molecule has 2 aromatic rings. The van der Waals surface area contributed by atoms with Gasteiger partial charge in [0.05, 0.1) is 11.5 Å². The number of halogens is 3. The van der Waals surface area contributed by atoms with Crippen molar-refractivity contribution in [3.05, 3.63) is 47.4 Å². The number of fused-ring (bicyclic) bond motifs is 1. The third-order valence-electron chi connectivity index (χ3n) is 5.96. The summed E-state index contributed by atoms with van der Waals surface area (Å²) in [6, 6.07) is 4.77. The van der Waals surface area contributed by atoms with Gasteiger partial charge in [-0.3, -0.25) is 9.80 Å². The van der Waals surface area contributed by atoms with E-state index >= 15 is 0 Å². The lowest BCUT2D eigenvalue weighted by molar-refractivity contribution is -0.137. The lowest BCUT2D eigenvalue weighted by Gasteiger charge is -2.38. The first-order valence-corrected chi connectivity index (χ1v) is 10.2. The molecule has 0 aliphatic carbocycles. The second kappa shape index (κ2) is 7.65. The molecule has 5 rings (SSSR count). The van der Waals surface area contributed by atoms with Crippen LogP contribution >= 0.6 is 0 Å². The van der Waals surface area contributed by atoms with Gasteiger partial charge in [-0.05, 0) is 44.1 Å². The fourth-order valence-corrected chi connectivity index (χ4v) is 4.39. The number of rotatable bonds is 3. The number of nitrogens with one attached hydrogen (secondary N) is 3. The van der Waals surface area contributed by atoms with E-state index in [0.717, 1.165) is 43.8 Å². The summed E-state index contributed by atoms with van der Waals surface area (Å²) in [7, 11) is 0. The van der Waals surface area contributed by atoms with Gasteiger partial charge >= 0.3 is 6.18 Å². The second-order valence-corrected chi connectivity index (χ2v) is 7.92. The molecule has 2 unspecified atom stereocenters. The molecule has 3 N–H and O–H groups in total. The number of hydrazine groups is 1. The lowest BCUT2D eigenvalue weighted by Crippen LogP contribution is -2.54. The van der Waals surface area contributed by atoms with Gasteiger partial charge in [0.2, 0.25) is 5.91 Å². The van der Waals surface area contributed by atoms with Crippen molar-refractivity contribution in [2.24, 2.45) is 5.92 Å². The average Bonchev–Trinajstić information content (AvgIpc) is 3.40. The van der Waals surface area contributed by atoms with Crippen LogP contribution in [0.1, 0.15) is 30.1 Å². The minimum absolute atomic E-state index is 0.0100. The molecule has 2 fully saturated rings. The number of alkyl halides is 3. The van der Waals surface area contributed by atoms with Crippen LogP contribution in [0.15, 0.2) is 40.6 Å². The number of carbonyl (C=O) groups excluding carboxylic acids is 1. The Morgan fingerprint density at radius 1 is 1.19 bits per heavy atom. The van der Waals surface area contributed by atoms with Gasteiger partial charge in [0, 0.05) is 29.8 Å². The van der Waals surface area contributed by atoms with Crippen molar-refractivity contribution in [3.63, 3.8) is 0 Å². The summed E-state index contributed by atoms with van der Waals surface area (Å²) >= 11 is 0. The first kappa shape index (κ1) is 20.0. The van der Waals surface area contributed by atoms with Crippen molar-refractivity contribution >= 4 is 5.91 Å². The van der Waals surface area contributed by atoms with Gasteiger partial charge in [-0.25, -0.2) is 5.43 Å². The number of allylic oxidation sites excluding steroid dienone is 1. The Hall–Kier alpha value is -2.92. The Kier molecular flexibility index (Phi) is 4.94. The summed E-state index contributed by atoms with van der Waals surface area (Å²) in [5.41, 5.74) is 3.67. The topological polar surface area (TPSA) is 95.3 Å². The molecule has 2 atom stereocenters. The van der Waals surface area contributed by atoms with Crippen molar-refractivity contribution in [2.75, 3.05) is 19.6 Å². The molecule has 0 radical (unpaired) electrons. The predicted molar refractivity (Wildman–Crippen MR) is 103 cm³/mol. The number of nitrogens with zero attached hydrogens (tertiary/aromatic N) is 3. The van der Waals surface area contributed by atoms with Crippen molar-refractivity contribution in [1.29, 1.82) is 0 Å². The molecule has 1 aromatic carbocycles. The zero-order chi connectivity index (χ0) is 21.6. The molecule has 0 saturated carbocycles. The normalized spacial score (nSPS) is 24.7. The van der Waals surface area contributed by atoms with Gasteiger partial charge in [0.1, 0.15) is 6.17 Å². The Bertz CT molecular complexity index is 1010. The van der Waals surface area contributed by atoms with Crippen LogP contribution in [0.2, 0.25) is 0 Å². The van der Waals surface area contributed by atoms with E-state index in [1.54, 1.807) is 6.08 Å². The van der Waals surface area contributed by atoms with Gasteiger partial charge < -0.3 is 15.2 Å². The quantitative estimate of drug-likeness (QED) is 0.680. The highest BCUT2D eigenvalue weighted by atomic mass is 19.4. The molecule has 4 heterocycles. The maximum absolute atomic E-state index is 13.0. The molecule has 11 heteroatoms. The van der Waals surface area contributed by atoms with Crippen LogP contribution in [0, 0.1) is 5.92 Å². The van der Waals surface area contributed by atoms with E-state index in [1.807, 2.05) is 5.01 Å². The first-order valence-electron chi connectivity index (χ1n) is 10.2. The van der Waals surface area contributed by atoms with Gasteiger partial charge in [0.15, 0.2) is 5.82 Å². The van der Waals surface area contributed by atoms with Gasteiger partial charge in [-0.15, -0.1) is 0 Å². The highest BCUT2D eigenvalue weighted by molar-refractivity contribution is 5.89. The SMILES string of the molecule is O=C1C=C(C2CCNCC2)N2NCC(c3noc(-c4cccc(C(F)(F)F)c4)n3)C2N1. The van der Waals surface area contributed by atoms with Crippen molar-refractivity contribution < 1.29 is 22.5 Å². The maximum Gasteiger partial charge on any atom is 0.416 e. The monoisotopic (exact) mass is 434 g/mol. The maximum atomic E-state index is 13.0. The molecule has 1 amide bonds. The summed E-state index contributed by atoms with van der Waals surface area (Å²) in [6.45, 7) is 2.27. The smallest absolute Gasteiger partial charge is 0.334 e. The molecule has 3 aliphatic heterocycles. The second-order valence-electron chi connectivity index (χ2n) is 7.92. The van der Waals surface area contributed by atoms with Crippen molar-refractivity contribution in [1.82, 2.24) is 31.2 Å². The van der Waals surface area contributed by atoms with E-state index in [1.165, 1.54) is 12.1 Å². The molecule has 0 spiro atoms. The van der Waals surface area contributed by atoms with Crippen LogP contribution in [0.25, 0.3) is 11.5 Å². The first-order chi connectivity index (χ1) is 14.9. The standard InChI is InChI=1S/C20H21F3N6O2/c21-20(22,23)13-3-1-2-12(8-13)19-27-17(28-31-19)14-10-25-29-15(9-16(30)26-18(14)29)11-4-6-24-7-5-11/h1-3,8-9,11,14,18,24-25H,4-7,10H2,(H,26,30). The lowest BCUT2D eigenvalue weighted by atomic mass is 9.92. The number of aromatic nitrogens is 2. The van der Waals surface area contributed by atoms with Crippen LogP contribution in [0.4, 0.5) is 13.2 Å².